The van der Waals surface area contributed by atoms with Crippen molar-refractivity contribution in [2.24, 2.45) is 0 Å². The molecule has 1 fully saturated rings. The molecule has 1 saturated heterocycles. The Morgan fingerprint density at radius 2 is 1.67 bits per heavy atom. The summed E-state index contributed by atoms with van der Waals surface area (Å²) in [6, 6.07) is 0. The number of hydrogen-bond donors (Lipinski definition) is 5. The van der Waals surface area contributed by atoms with Crippen molar-refractivity contribution in [3.8, 4) is 0 Å². The van der Waals surface area contributed by atoms with E-state index in [9.17, 15) is 20.4 Å². The number of allylic oxidation sites excluding steroid dienone is 1. The summed E-state index contributed by atoms with van der Waals surface area (Å²) in [4.78, 5) is 0. The highest BCUT2D eigenvalue weighted by Crippen LogP contribution is 2.25. The first-order valence-corrected chi connectivity index (χ1v) is 4.60. The molecule has 0 aromatic rings. The van der Waals surface area contributed by atoms with E-state index in [0.29, 0.717) is 5.57 Å². The highest BCUT2D eigenvalue weighted by atomic mass is 16.6. The fourth-order valence-corrected chi connectivity index (χ4v) is 1.40. The maximum Gasteiger partial charge on any atom is 0.184 e. The fraction of sp³-hybridized carbons (Fsp3) is 0.778. The van der Waals surface area contributed by atoms with Crippen LogP contribution >= 0.6 is 0 Å². The second kappa shape index (κ2) is 4.46. The molecule has 1 heterocycles. The van der Waals surface area contributed by atoms with Gasteiger partial charge >= 0.3 is 0 Å². The van der Waals surface area contributed by atoms with Gasteiger partial charge in [-0.1, -0.05) is 0 Å². The zero-order valence-electron chi connectivity index (χ0n) is 8.53. The van der Waals surface area contributed by atoms with E-state index in [4.69, 9.17) is 9.84 Å². The van der Waals surface area contributed by atoms with Gasteiger partial charge < -0.3 is 30.3 Å². The SMILES string of the molecule is CC(C)=C(O)[C@@H](O)[C@@H]1O[C@@H](O)[C@@H](O)[C@H]1O. The maximum atomic E-state index is 9.58. The third kappa shape index (κ3) is 2.30. The van der Waals surface area contributed by atoms with E-state index in [1.54, 1.807) is 13.8 Å². The molecule has 6 heteroatoms. The van der Waals surface area contributed by atoms with Crippen molar-refractivity contribution in [2.45, 2.75) is 44.6 Å². The van der Waals surface area contributed by atoms with Gasteiger partial charge in [0.25, 0.3) is 0 Å². The lowest BCUT2D eigenvalue weighted by molar-refractivity contribution is -0.144. The van der Waals surface area contributed by atoms with Crippen LogP contribution in [0.3, 0.4) is 0 Å². The number of hydrogen-bond acceptors (Lipinski definition) is 6. The Kier molecular flexibility index (Phi) is 3.69. The molecular weight excluding hydrogens is 204 g/mol. The van der Waals surface area contributed by atoms with Gasteiger partial charge in [-0.3, -0.25) is 0 Å². The van der Waals surface area contributed by atoms with Crippen LogP contribution in [0.25, 0.3) is 0 Å². The molecule has 0 aromatic heterocycles. The van der Waals surface area contributed by atoms with Crippen molar-refractivity contribution in [1.82, 2.24) is 0 Å². The lowest BCUT2D eigenvalue weighted by Crippen LogP contribution is -2.40. The van der Waals surface area contributed by atoms with Crippen LogP contribution in [0, 0.1) is 0 Å². The predicted molar refractivity (Wildman–Crippen MR) is 49.9 cm³/mol. The summed E-state index contributed by atoms with van der Waals surface area (Å²) < 4.78 is 4.73. The number of aliphatic hydroxyl groups is 5. The van der Waals surface area contributed by atoms with Crippen LogP contribution in [0.15, 0.2) is 11.3 Å². The third-order valence-electron chi connectivity index (χ3n) is 2.38. The van der Waals surface area contributed by atoms with Crippen LogP contribution in [-0.4, -0.2) is 56.2 Å². The zero-order chi connectivity index (χ0) is 11.7. The summed E-state index contributed by atoms with van der Waals surface area (Å²) in [7, 11) is 0. The van der Waals surface area contributed by atoms with Crippen LogP contribution in [-0.2, 0) is 4.74 Å². The minimum absolute atomic E-state index is 0.333. The van der Waals surface area contributed by atoms with Crippen LogP contribution in [0.4, 0.5) is 0 Å². The van der Waals surface area contributed by atoms with Crippen molar-refractivity contribution < 1.29 is 30.3 Å². The average Bonchev–Trinajstić information content (AvgIpc) is 2.43. The van der Waals surface area contributed by atoms with Gasteiger partial charge in [0.05, 0.1) is 0 Å². The topological polar surface area (TPSA) is 110 Å². The van der Waals surface area contributed by atoms with Crippen molar-refractivity contribution >= 4 is 0 Å². The van der Waals surface area contributed by atoms with Gasteiger partial charge in [-0.25, -0.2) is 0 Å². The third-order valence-corrected chi connectivity index (χ3v) is 2.38. The summed E-state index contributed by atoms with van der Waals surface area (Å²) in [6.07, 6.45) is -7.16. The molecule has 0 bridgehead atoms. The molecule has 5 atom stereocenters. The summed E-state index contributed by atoms with van der Waals surface area (Å²) >= 11 is 0. The van der Waals surface area contributed by atoms with E-state index in [1.807, 2.05) is 0 Å². The van der Waals surface area contributed by atoms with Crippen molar-refractivity contribution in [3.63, 3.8) is 0 Å². The van der Waals surface area contributed by atoms with Gasteiger partial charge in [-0.15, -0.1) is 0 Å². The summed E-state index contributed by atoms with van der Waals surface area (Å²) in [5.74, 6) is -0.333. The smallest absolute Gasteiger partial charge is 0.184 e. The van der Waals surface area contributed by atoms with Gasteiger partial charge in [0, 0.05) is 0 Å². The van der Waals surface area contributed by atoms with E-state index < -0.39 is 30.7 Å². The van der Waals surface area contributed by atoms with E-state index in [0.717, 1.165) is 0 Å². The summed E-state index contributed by atoms with van der Waals surface area (Å²) in [6.45, 7) is 3.15. The summed E-state index contributed by atoms with van der Waals surface area (Å²) in [5, 5.41) is 46.6. The van der Waals surface area contributed by atoms with Gasteiger partial charge in [0.1, 0.15) is 30.2 Å². The first-order chi connectivity index (χ1) is 6.86. The molecule has 88 valence electrons. The molecule has 15 heavy (non-hydrogen) atoms. The van der Waals surface area contributed by atoms with Crippen molar-refractivity contribution in [2.75, 3.05) is 0 Å². The highest BCUT2D eigenvalue weighted by molar-refractivity contribution is 5.10. The highest BCUT2D eigenvalue weighted by Gasteiger charge is 2.46. The van der Waals surface area contributed by atoms with Crippen LogP contribution in [0.1, 0.15) is 13.8 Å². The number of aliphatic hydroxyl groups excluding tert-OH is 5. The lowest BCUT2D eigenvalue weighted by atomic mass is 10.0. The quantitative estimate of drug-likeness (QED) is 0.367. The molecule has 0 radical (unpaired) electrons. The average molecular weight is 220 g/mol. The largest absolute Gasteiger partial charge is 0.510 e. The molecule has 0 unspecified atom stereocenters. The Labute approximate surface area is 87.0 Å². The molecule has 1 rings (SSSR count). The van der Waals surface area contributed by atoms with E-state index in [1.165, 1.54) is 0 Å². The van der Waals surface area contributed by atoms with Crippen LogP contribution in [0.2, 0.25) is 0 Å². The first kappa shape index (κ1) is 12.4. The second-order valence-corrected chi connectivity index (χ2v) is 3.80. The van der Waals surface area contributed by atoms with E-state index in [2.05, 4.69) is 0 Å². The normalized spacial score (nSPS) is 37.7. The minimum atomic E-state index is -1.55. The Bertz CT molecular complexity index is 259. The fourth-order valence-electron chi connectivity index (χ4n) is 1.40. The van der Waals surface area contributed by atoms with E-state index >= 15 is 0 Å². The van der Waals surface area contributed by atoms with E-state index in [-0.39, 0.29) is 5.76 Å². The summed E-state index contributed by atoms with van der Waals surface area (Å²) in [5.41, 5.74) is 0.467. The molecular formula is C9H16O6. The molecule has 0 spiro atoms. The molecule has 0 aromatic carbocycles. The molecule has 5 N–H and O–H groups in total. The van der Waals surface area contributed by atoms with Crippen LogP contribution < -0.4 is 0 Å². The Morgan fingerprint density at radius 1 is 1.13 bits per heavy atom. The number of ether oxygens (including phenoxy) is 1. The molecule has 0 saturated carbocycles. The second-order valence-electron chi connectivity index (χ2n) is 3.80. The standard InChI is InChI=1S/C9H16O6/c1-3(2)4(10)5(11)8-6(12)7(13)9(14)15-8/h5-14H,1-2H3/t5-,6-,7+,8+,9-/m1/s1. The molecule has 1 aliphatic heterocycles. The van der Waals surface area contributed by atoms with Gasteiger partial charge in [-0.05, 0) is 19.4 Å². The first-order valence-electron chi connectivity index (χ1n) is 4.60. The Morgan fingerprint density at radius 3 is 2.00 bits per heavy atom. The molecule has 1 aliphatic rings. The van der Waals surface area contributed by atoms with Crippen molar-refractivity contribution in [1.29, 1.82) is 0 Å². The van der Waals surface area contributed by atoms with Gasteiger partial charge in [-0.2, -0.15) is 0 Å². The predicted octanol–water partition coefficient (Wildman–Crippen LogP) is -1.36. The monoisotopic (exact) mass is 220 g/mol. The van der Waals surface area contributed by atoms with Gasteiger partial charge in [0.2, 0.25) is 0 Å². The van der Waals surface area contributed by atoms with Gasteiger partial charge in [0.15, 0.2) is 6.29 Å². The Balaban J connectivity index is 2.78. The van der Waals surface area contributed by atoms with Crippen molar-refractivity contribution in [3.05, 3.63) is 11.3 Å². The molecule has 6 nitrogen and oxygen atoms in total. The number of rotatable bonds is 2. The van der Waals surface area contributed by atoms with Crippen LogP contribution in [0.5, 0.6) is 0 Å². The maximum absolute atomic E-state index is 9.58. The lowest BCUT2D eigenvalue weighted by Gasteiger charge is -2.20. The minimum Gasteiger partial charge on any atom is -0.510 e. The molecule has 0 aliphatic carbocycles. The Hall–Kier alpha value is -0.660. The molecule has 0 amide bonds. The zero-order valence-corrected chi connectivity index (χ0v) is 8.53.